The average molecular weight is 345 g/mol. The van der Waals surface area contributed by atoms with Gasteiger partial charge in [-0.1, -0.05) is 26.0 Å². The van der Waals surface area contributed by atoms with Crippen LogP contribution in [0, 0.1) is 40.4 Å². The zero-order valence-corrected chi connectivity index (χ0v) is 17.1. The molecule has 4 rings (SSSR count). The highest BCUT2D eigenvalue weighted by molar-refractivity contribution is 5.15. The molecular formula is C24H40O. The fraction of sp³-hybridized carbons (Fsp3) is 0.917. The first-order chi connectivity index (χ1) is 11.7. The average Bonchev–Trinajstić information content (AvgIpc) is 2.84. The lowest BCUT2D eigenvalue weighted by Crippen LogP contribution is -2.51. The van der Waals surface area contributed by atoms with Crippen LogP contribution in [0.4, 0.5) is 0 Å². The van der Waals surface area contributed by atoms with Crippen LogP contribution in [0.3, 0.4) is 0 Å². The maximum atomic E-state index is 10.7. The van der Waals surface area contributed by atoms with Crippen LogP contribution in [0.2, 0.25) is 0 Å². The number of aliphatic hydroxyl groups is 1. The van der Waals surface area contributed by atoms with Crippen molar-refractivity contribution in [3.8, 4) is 0 Å². The lowest BCUT2D eigenvalue weighted by Gasteiger charge is -2.59. The lowest BCUT2D eigenvalue weighted by atomic mass is 9.46. The third-order valence-electron chi connectivity index (χ3n) is 9.89. The molecule has 4 aliphatic carbocycles. The second kappa shape index (κ2) is 5.85. The van der Waals surface area contributed by atoms with Crippen LogP contribution in [0.1, 0.15) is 91.9 Å². The summed E-state index contributed by atoms with van der Waals surface area (Å²) < 4.78 is 0. The quantitative estimate of drug-likeness (QED) is 0.548. The van der Waals surface area contributed by atoms with Crippen molar-refractivity contribution < 1.29 is 5.11 Å². The van der Waals surface area contributed by atoms with Gasteiger partial charge < -0.3 is 5.11 Å². The molecule has 25 heavy (non-hydrogen) atoms. The number of fused-ring (bicyclic) bond motifs is 5. The van der Waals surface area contributed by atoms with E-state index in [-0.39, 0.29) is 0 Å². The summed E-state index contributed by atoms with van der Waals surface area (Å²) in [6, 6.07) is 0. The zero-order valence-electron chi connectivity index (χ0n) is 17.1. The molecule has 0 aromatic carbocycles. The summed E-state index contributed by atoms with van der Waals surface area (Å²) in [6.45, 7) is 13.9. The van der Waals surface area contributed by atoms with E-state index in [1.807, 2.05) is 0 Å². The van der Waals surface area contributed by atoms with E-state index in [4.69, 9.17) is 0 Å². The van der Waals surface area contributed by atoms with E-state index in [9.17, 15) is 5.11 Å². The van der Waals surface area contributed by atoms with Gasteiger partial charge in [-0.2, -0.15) is 0 Å². The molecule has 0 radical (unpaired) electrons. The van der Waals surface area contributed by atoms with Gasteiger partial charge in [-0.15, -0.1) is 0 Å². The summed E-state index contributed by atoms with van der Waals surface area (Å²) in [5, 5.41) is 10.7. The molecule has 4 fully saturated rings. The summed E-state index contributed by atoms with van der Waals surface area (Å²) in [5.74, 6) is 4.38. The first-order valence-corrected chi connectivity index (χ1v) is 11.1. The SMILES string of the molecule is C=C(C)[C@H]1CC[C@H]2[C@@H]3CC[C@H]4CC[C@@](C)(O)CC[C@]4(C)[C@H]3CC[C@]12C. The fourth-order valence-electron chi connectivity index (χ4n) is 8.36. The molecule has 0 heterocycles. The second-order valence-corrected chi connectivity index (χ2v) is 11.2. The minimum atomic E-state index is -0.419. The molecule has 0 spiro atoms. The van der Waals surface area contributed by atoms with Crippen LogP contribution in [-0.2, 0) is 0 Å². The molecule has 0 bridgehead atoms. The van der Waals surface area contributed by atoms with Crippen molar-refractivity contribution in [2.24, 2.45) is 40.4 Å². The van der Waals surface area contributed by atoms with Crippen molar-refractivity contribution in [3.63, 3.8) is 0 Å². The minimum absolute atomic E-state index is 0.419. The Morgan fingerprint density at radius 3 is 2.24 bits per heavy atom. The molecule has 4 aliphatic rings. The zero-order chi connectivity index (χ0) is 18.0. The largest absolute Gasteiger partial charge is 0.390 e. The maximum absolute atomic E-state index is 10.7. The van der Waals surface area contributed by atoms with E-state index in [1.54, 1.807) is 0 Å². The van der Waals surface area contributed by atoms with Crippen LogP contribution in [0.25, 0.3) is 0 Å². The molecule has 0 aliphatic heterocycles. The normalized spacial score (nSPS) is 55.6. The third kappa shape index (κ3) is 2.67. The van der Waals surface area contributed by atoms with Crippen LogP contribution in [0.15, 0.2) is 12.2 Å². The minimum Gasteiger partial charge on any atom is -0.390 e. The van der Waals surface area contributed by atoms with Crippen molar-refractivity contribution in [1.82, 2.24) is 0 Å². The standard InChI is InChI=1S/C24H40O/c1-16(2)19-8-9-20-18-7-6-17-10-12-22(3,25)14-15-23(17,4)21(18)11-13-24(19,20)5/h17-21,25H,1,6-15H2,2-5H3/t17-,18-,19+,20-,21-,22+,23-,24+/m0/s1. The number of hydrogen-bond acceptors (Lipinski definition) is 1. The number of rotatable bonds is 1. The first kappa shape index (κ1) is 18.1. The highest BCUT2D eigenvalue weighted by Gasteiger charge is 2.59. The van der Waals surface area contributed by atoms with Crippen molar-refractivity contribution in [3.05, 3.63) is 12.2 Å². The van der Waals surface area contributed by atoms with Crippen LogP contribution < -0.4 is 0 Å². The molecule has 1 N–H and O–H groups in total. The monoisotopic (exact) mass is 344 g/mol. The van der Waals surface area contributed by atoms with E-state index < -0.39 is 5.60 Å². The molecule has 142 valence electrons. The van der Waals surface area contributed by atoms with Crippen LogP contribution >= 0.6 is 0 Å². The lowest BCUT2D eigenvalue weighted by molar-refractivity contribution is -0.0962. The van der Waals surface area contributed by atoms with Gasteiger partial charge in [-0.25, -0.2) is 0 Å². The van der Waals surface area contributed by atoms with Crippen molar-refractivity contribution in [2.45, 2.75) is 97.5 Å². The summed E-state index contributed by atoms with van der Waals surface area (Å²) >= 11 is 0. The molecule has 1 nitrogen and oxygen atoms in total. The van der Waals surface area contributed by atoms with Gasteiger partial charge in [-0.3, -0.25) is 0 Å². The molecule has 0 saturated heterocycles. The Balaban J connectivity index is 1.62. The molecule has 1 heteroatoms. The Kier molecular flexibility index (Phi) is 4.23. The summed E-state index contributed by atoms with van der Waals surface area (Å²) in [5.41, 5.74) is 2.02. The maximum Gasteiger partial charge on any atom is 0.0620 e. The smallest absolute Gasteiger partial charge is 0.0620 e. The van der Waals surface area contributed by atoms with Gasteiger partial charge in [-0.05, 0) is 118 Å². The predicted octanol–water partition coefficient (Wildman–Crippen LogP) is 6.36. The third-order valence-corrected chi connectivity index (χ3v) is 9.89. The van der Waals surface area contributed by atoms with Crippen molar-refractivity contribution >= 4 is 0 Å². The summed E-state index contributed by atoms with van der Waals surface area (Å²) in [4.78, 5) is 0. The van der Waals surface area contributed by atoms with Crippen molar-refractivity contribution in [1.29, 1.82) is 0 Å². The van der Waals surface area contributed by atoms with Gasteiger partial charge in [0.2, 0.25) is 0 Å². The highest BCUT2D eigenvalue weighted by Crippen LogP contribution is 2.68. The second-order valence-electron chi connectivity index (χ2n) is 11.2. The molecule has 0 unspecified atom stereocenters. The van der Waals surface area contributed by atoms with Gasteiger partial charge in [0.15, 0.2) is 0 Å². The van der Waals surface area contributed by atoms with Crippen LogP contribution in [-0.4, -0.2) is 10.7 Å². The Morgan fingerprint density at radius 1 is 0.800 bits per heavy atom. The van der Waals surface area contributed by atoms with Gasteiger partial charge in [0.1, 0.15) is 0 Å². The van der Waals surface area contributed by atoms with Gasteiger partial charge in [0, 0.05) is 0 Å². The van der Waals surface area contributed by atoms with Gasteiger partial charge >= 0.3 is 0 Å². The Labute approximate surface area is 155 Å². The number of hydrogen-bond donors (Lipinski definition) is 1. The molecule has 0 aromatic rings. The van der Waals surface area contributed by atoms with E-state index in [0.29, 0.717) is 10.8 Å². The number of allylic oxidation sites excluding steroid dienone is 1. The predicted molar refractivity (Wildman–Crippen MR) is 105 cm³/mol. The van der Waals surface area contributed by atoms with Gasteiger partial charge in [0.25, 0.3) is 0 Å². The van der Waals surface area contributed by atoms with Crippen LogP contribution in [0.5, 0.6) is 0 Å². The Bertz CT molecular complexity index is 548. The molecule has 0 aromatic heterocycles. The summed E-state index contributed by atoms with van der Waals surface area (Å²) in [6.07, 6.45) is 13.1. The Hall–Kier alpha value is -0.300. The van der Waals surface area contributed by atoms with Gasteiger partial charge in [0.05, 0.1) is 5.60 Å². The summed E-state index contributed by atoms with van der Waals surface area (Å²) in [7, 11) is 0. The van der Waals surface area contributed by atoms with E-state index in [1.165, 1.54) is 56.9 Å². The first-order valence-electron chi connectivity index (χ1n) is 11.1. The molecular weight excluding hydrogens is 304 g/mol. The Morgan fingerprint density at radius 2 is 1.52 bits per heavy atom. The van der Waals surface area contributed by atoms with E-state index in [0.717, 1.165) is 42.4 Å². The van der Waals surface area contributed by atoms with E-state index in [2.05, 4.69) is 34.3 Å². The molecule has 0 amide bonds. The molecule has 4 saturated carbocycles. The highest BCUT2D eigenvalue weighted by atomic mass is 16.3. The van der Waals surface area contributed by atoms with Crippen molar-refractivity contribution in [2.75, 3.05) is 0 Å². The van der Waals surface area contributed by atoms with E-state index >= 15 is 0 Å². The fourth-order valence-corrected chi connectivity index (χ4v) is 8.36. The molecule has 8 atom stereocenters. The topological polar surface area (TPSA) is 20.2 Å².